The number of amides is 1. The number of nitrogens with zero attached hydrogens (tertiary/aromatic N) is 6. The molecule has 1 N–H and O–H groups in total. The lowest BCUT2D eigenvalue weighted by atomic mass is 10.0. The molecule has 1 amide bonds. The van der Waals surface area contributed by atoms with Crippen molar-refractivity contribution >= 4 is 54.6 Å². The van der Waals surface area contributed by atoms with Gasteiger partial charge in [0.05, 0.1) is 5.39 Å². The summed E-state index contributed by atoms with van der Waals surface area (Å²) in [5.41, 5.74) is 1.70. The van der Waals surface area contributed by atoms with E-state index in [2.05, 4.69) is 74.0 Å². The first-order valence-corrected chi connectivity index (χ1v) is 12.1. The number of anilines is 1. The minimum atomic E-state index is -0.222. The van der Waals surface area contributed by atoms with Gasteiger partial charge in [-0.15, -0.1) is 0 Å². The third-order valence-electron chi connectivity index (χ3n) is 6.08. The average molecular weight is 549 g/mol. The predicted octanol–water partition coefficient (Wildman–Crippen LogP) is 3.36. The maximum absolute atomic E-state index is 13.7. The number of carbonyl (C=O) groups is 1. The first-order valence-electron chi connectivity index (χ1n) is 10.5. The molecule has 1 unspecified atom stereocenters. The van der Waals surface area contributed by atoms with Gasteiger partial charge in [0, 0.05) is 30.7 Å². The van der Waals surface area contributed by atoms with Gasteiger partial charge in [-0.3, -0.25) is 14.8 Å². The number of piperazine rings is 1. The van der Waals surface area contributed by atoms with Crippen LogP contribution in [0.2, 0.25) is 0 Å². The van der Waals surface area contributed by atoms with Gasteiger partial charge in [-0.2, -0.15) is 5.10 Å². The second kappa shape index (κ2) is 8.84. The van der Waals surface area contributed by atoms with Crippen molar-refractivity contribution in [2.45, 2.75) is 18.9 Å². The van der Waals surface area contributed by atoms with E-state index < -0.39 is 0 Å². The fourth-order valence-electron chi connectivity index (χ4n) is 4.54. The number of aromatic nitrogens is 4. The number of hydrogen-bond donors (Lipinski definition) is 1. The molecule has 1 atom stereocenters. The van der Waals surface area contributed by atoms with Crippen molar-refractivity contribution in [2.75, 3.05) is 44.2 Å². The molecule has 5 rings (SSSR count). The Hall–Kier alpha value is -2.04. The molecule has 2 fully saturated rings. The van der Waals surface area contributed by atoms with Crippen molar-refractivity contribution in [1.29, 1.82) is 0 Å². The maximum atomic E-state index is 13.7. The summed E-state index contributed by atoms with van der Waals surface area (Å²) in [7, 11) is 0. The van der Waals surface area contributed by atoms with E-state index in [1.807, 2.05) is 17.0 Å². The Morgan fingerprint density at radius 1 is 1.03 bits per heavy atom. The van der Waals surface area contributed by atoms with Crippen molar-refractivity contribution in [1.82, 2.24) is 30.0 Å². The number of benzene rings is 1. The van der Waals surface area contributed by atoms with Crippen LogP contribution in [0.15, 0.2) is 39.7 Å². The van der Waals surface area contributed by atoms with Gasteiger partial charge in [-0.05, 0) is 59.6 Å². The molecule has 2 aromatic heterocycles. The molecule has 0 saturated carbocycles. The van der Waals surface area contributed by atoms with Crippen molar-refractivity contribution < 1.29 is 4.79 Å². The Kier molecular flexibility index (Phi) is 5.94. The van der Waals surface area contributed by atoms with E-state index in [1.54, 1.807) is 6.33 Å². The number of aromatic amines is 1. The molecule has 3 aromatic rings. The molecule has 0 radical (unpaired) electrons. The molecule has 162 valence electrons. The van der Waals surface area contributed by atoms with Crippen LogP contribution in [-0.2, 0) is 4.79 Å². The first-order chi connectivity index (χ1) is 15.1. The van der Waals surface area contributed by atoms with Crippen molar-refractivity contribution in [3.8, 4) is 0 Å². The third kappa shape index (κ3) is 4.08. The quantitative estimate of drug-likeness (QED) is 0.538. The van der Waals surface area contributed by atoms with Crippen molar-refractivity contribution in [3.63, 3.8) is 0 Å². The zero-order valence-electron chi connectivity index (χ0n) is 17.0. The lowest BCUT2D eigenvalue weighted by Crippen LogP contribution is -2.52. The summed E-state index contributed by atoms with van der Waals surface area (Å²) in [6.07, 6.45) is 3.84. The Labute approximate surface area is 197 Å². The van der Waals surface area contributed by atoms with E-state index in [0.717, 1.165) is 64.9 Å². The molecule has 0 aliphatic carbocycles. The van der Waals surface area contributed by atoms with Crippen LogP contribution in [0.4, 0.5) is 5.82 Å². The van der Waals surface area contributed by atoms with E-state index in [1.165, 1.54) is 0 Å². The molecule has 1 aromatic carbocycles. The Morgan fingerprint density at radius 3 is 2.55 bits per heavy atom. The van der Waals surface area contributed by atoms with E-state index in [9.17, 15) is 4.79 Å². The van der Waals surface area contributed by atoms with Gasteiger partial charge in [0.2, 0.25) is 5.91 Å². The fourth-order valence-corrected chi connectivity index (χ4v) is 5.40. The van der Waals surface area contributed by atoms with E-state index >= 15 is 0 Å². The molecule has 2 aliphatic rings. The second-order valence-corrected chi connectivity index (χ2v) is 9.66. The highest BCUT2D eigenvalue weighted by atomic mass is 79.9. The average Bonchev–Trinajstić information content (AvgIpc) is 3.44. The van der Waals surface area contributed by atoms with Gasteiger partial charge in [0.25, 0.3) is 0 Å². The van der Waals surface area contributed by atoms with Gasteiger partial charge >= 0.3 is 0 Å². The van der Waals surface area contributed by atoms with Gasteiger partial charge in [-0.1, -0.05) is 28.1 Å². The molecular weight excluding hydrogens is 526 g/mol. The van der Waals surface area contributed by atoms with Gasteiger partial charge in [0.15, 0.2) is 5.65 Å². The predicted molar refractivity (Wildman–Crippen MR) is 126 cm³/mol. The molecule has 0 spiro atoms. The van der Waals surface area contributed by atoms with Crippen LogP contribution >= 0.6 is 31.9 Å². The van der Waals surface area contributed by atoms with Gasteiger partial charge in [-0.25, -0.2) is 9.97 Å². The number of carbonyl (C=O) groups excluding carboxylic acids is 1. The molecule has 31 heavy (non-hydrogen) atoms. The van der Waals surface area contributed by atoms with Crippen LogP contribution in [0.3, 0.4) is 0 Å². The fraction of sp³-hybridized carbons (Fsp3) is 0.429. The number of halogens is 2. The Morgan fingerprint density at radius 2 is 1.81 bits per heavy atom. The normalized spacial score (nSPS) is 18.6. The number of fused-ring (bicyclic) bond motifs is 1. The largest absolute Gasteiger partial charge is 0.352 e. The van der Waals surface area contributed by atoms with Crippen molar-refractivity contribution in [2.24, 2.45) is 0 Å². The summed E-state index contributed by atoms with van der Waals surface area (Å²) in [5, 5.41) is 8.00. The lowest BCUT2D eigenvalue weighted by Gasteiger charge is -2.39. The lowest BCUT2D eigenvalue weighted by molar-refractivity contribution is -0.137. The number of likely N-dealkylation sites (tertiary alicyclic amines) is 1. The molecule has 2 saturated heterocycles. The Balaban J connectivity index is 1.35. The molecule has 0 bridgehead atoms. The number of rotatable bonds is 4. The first kappa shape index (κ1) is 20.8. The number of H-pyrrole nitrogens is 1. The maximum Gasteiger partial charge on any atom is 0.244 e. The van der Waals surface area contributed by atoms with Gasteiger partial charge in [0.1, 0.15) is 22.8 Å². The molecule has 2 aliphatic heterocycles. The summed E-state index contributed by atoms with van der Waals surface area (Å²) in [4.78, 5) is 28.9. The topological polar surface area (TPSA) is 81.2 Å². The zero-order chi connectivity index (χ0) is 21.4. The monoisotopic (exact) mass is 547 g/mol. The van der Waals surface area contributed by atoms with Crippen LogP contribution < -0.4 is 4.90 Å². The second-order valence-electron chi connectivity index (χ2n) is 7.95. The third-order valence-corrected chi connectivity index (χ3v) is 7.15. The molecular formula is C21H23Br2N7O. The van der Waals surface area contributed by atoms with Crippen LogP contribution in [0, 0.1) is 0 Å². The van der Waals surface area contributed by atoms with E-state index in [4.69, 9.17) is 0 Å². The van der Waals surface area contributed by atoms with Crippen LogP contribution in [0.25, 0.3) is 11.0 Å². The van der Waals surface area contributed by atoms with E-state index in [-0.39, 0.29) is 11.9 Å². The van der Waals surface area contributed by atoms with Crippen molar-refractivity contribution in [3.05, 3.63) is 45.2 Å². The molecule has 4 heterocycles. The summed E-state index contributed by atoms with van der Waals surface area (Å²) in [6, 6.07) is 7.93. The minimum absolute atomic E-state index is 0.192. The van der Waals surface area contributed by atoms with Crippen LogP contribution in [0.5, 0.6) is 0 Å². The Bertz CT molecular complexity index is 1090. The summed E-state index contributed by atoms with van der Waals surface area (Å²) < 4.78 is 1.78. The number of hydrogen-bond acceptors (Lipinski definition) is 6. The highest BCUT2D eigenvalue weighted by Gasteiger charge is 2.34. The highest BCUT2D eigenvalue weighted by molar-refractivity contribution is 9.10. The standard InChI is InChI=1S/C21H23Br2N7O/c22-15-5-3-4-14(12-15)17(28-6-1-2-7-28)21(31)30-10-8-29(9-11-30)20-16-18(23)26-27-19(16)24-13-25-20/h3-5,12-13,17H,1-2,6-11H2,(H,24,25,26,27). The zero-order valence-corrected chi connectivity index (χ0v) is 20.1. The van der Waals surface area contributed by atoms with Gasteiger partial charge < -0.3 is 9.80 Å². The summed E-state index contributed by atoms with van der Waals surface area (Å²) >= 11 is 7.08. The van der Waals surface area contributed by atoms with Crippen LogP contribution in [0.1, 0.15) is 24.4 Å². The molecule has 8 nitrogen and oxygen atoms in total. The molecule has 10 heteroatoms. The highest BCUT2D eigenvalue weighted by Crippen LogP contribution is 2.31. The van der Waals surface area contributed by atoms with E-state index in [0.29, 0.717) is 18.7 Å². The minimum Gasteiger partial charge on any atom is -0.352 e. The smallest absolute Gasteiger partial charge is 0.244 e. The number of nitrogens with one attached hydrogen (secondary N) is 1. The summed E-state index contributed by atoms with van der Waals surface area (Å²) in [5.74, 6) is 1.04. The van der Waals surface area contributed by atoms with Crippen LogP contribution in [-0.4, -0.2) is 75.1 Å². The summed E-state index contributed by atoms with van der Waals surface area (Å²) in [6.45, 7) is 4.71. The SMILES string of the molecule is O=C(C(c1cccc(Br)c1)N1CCCC1)N1CCN(c2ncnc3n[nH]c(Br)c23)CC1.